The molecule has 0 aromatic carbocycles. The number of rotatable bonds is 2. The van der Waals surface area contributed by atoms with E-state index in [1.165, 1.54) is 0 Å². The van der Waals surface area contributed by atoms with Gasteiger partial charge in [-0.3, -0.25) is 14.6 Å². The van der Waals surface area contributed by atoms with Gasteiger partial charge in [0.2, 0.25) is 5.91 Å². The highest BCUT2D eigenvalue weighted by molar-refractivity contribution is 5.77. The van der Waals surface area contributed by atoms with Crippen molar-refractivity contribution in [1.82, 2.24) is 15.1 Å². The molecule has 6 heteroatoms. The Hall–Kier alpha value is -0.690. The molecule has 6 nitrogen and oxygen atoms in total. The summed E-state index contributed by atoms with van der Waals surface area (Å²) in [6.45, 7) is 9.27. The van der Waals surface area contributed by atoms with Gasteiger partial charge in [0, 0.05) is 37.6 Å². The van der Waals surface area contributed by atoms with Crippen molar-refractivity contribution in [3.05, 3.63) is 0 Å². The molecule has 0 aromatic rings. The number of piperidine rings is 1. The van der Waals surface area contributed by atoms with Crippen LogP contribution in [0.4, 0.5) is 0 Å². The zero-order valence-electron chi connectivity index (χ0n) is 13.1. The van der Waals surface area contributed by atoms with E-state index in [1.54, 1.807) is 0 Å². The van der Waals surface area contributed by atoms with Crippen LogP contribution in [0.3, 0.4) is 0 Å². The zero-order valence-corrected chi connectivity index (χ0v) is 13.1. The van der Waals surface area contributed by atoms with Gasteiger partial charge in [-0.2, -0.15) is 0 Å². The minimum Gasteiger partial charge on any atom is -0.379 e. The molecule has 1 amide bonds. The third-order valence-electron chi connectivity index (χ3n) is 4.95. The first-order valence-corrected chi connectivity index (χ1v) is 8.11. The van der Waals surface area contributed by atoms with E-state index in [9.17, 15) is 4.79 Å². The first-order chi connectivity index (χ1) is 10.1. The average molecular weight is 297 g/mol. The van der Waals surface area contributed by atoms with Crippen molar-refractivity contribution in [3.63, 3.8) is 0 Å². The van der Waals surface area contributed by atoms with Crippen molar-refractivity contribution in [3.8, 4) is 0 Å². The fraction of sp³-hybridized carbons (Fsp3) is 0.933. The number of nitrogens with zero attached hydrogens (tertiary/aromatic N) is 2. The zero-order chi connectivity index (χ0) is 14.8. The van der Waals surface area contributed by atoms with Gasteiger partial charge < -0.3 is 14.8 Å². The van der Waals surface area contributed by atoms with Gasteiger partial charge >= 0.3 is 0 Å². The van der Waals surface area contributed by atoms with Crippen LogP contribution in [0.25, 0.3) is 0 Å². The van der Waals surface area contributed by atoms with E-state index in [0.717, 1.165) is 45.9 Å². The van der Waals surface area contributed by atoms with Gasteiger partial charge in [0.15, 0.2) is 0 Å². The Balaban J connectivity index is 1.67. The van der Waals surface area contributed by atoms with Gasteiger partial charge in [0.25, 0.3) is 0 Å². The third kappa shape index (κ3) is 3.39. The lowest BCUT2D eigenvalue weighted by molar-refractivity contribution is -0.132. The van der Waals surface area contributed by atoms with E-state index in [4.69, 9.17) is 9.47 Å². The quantitative estimate of drug-likeness (QED) is 0.779. The Morgan fingerprint density at radius 3 is 2.29 bits per heavy atom. The molecule has 3 heterocycles. The van der Waals surface area contributed by atoms with Crippen molar-refractivity contribution < 1.29 is 14.3 Å². The van der Waals surface area contributed by atoms with E-state index in [-0.39, 0.29) is 12.1 Å². The Bertz CT molecular complexity index is 347. The molecule has 120 valence electrons. The molecule has 3 rings (SSSR count). The average Bonchev–Trinajstić information content (AvgIpc) is 2.47. The van der Waals surface area contributed by atoms with Gasteiger partial charge in [0.1, 0.15) is 0 Å². The van der Waals surface area contributed by atoms with Gasteiger partial charge in [0.05, 0.1) is 32.6 Å². The van der Waals surface area contributed by atoms with Crippen LogP contribution in [-0.2, 0) is 14.3 Å². The molecule has 0 radical (unpaired) electrons. The second kappa shape index (κ2) is 6.60. The lowest BCUT2D eigenvalue weighted by atomic mass is 9.97. The Kier molecular flexibility index (Phi) is 4.78. The monoisotopic (exact) mass is 297 g/mol. The number of hydrogen-bond acceptors (Lipinski definition) is 5. The van der Waals surface area contributed by atoms with Crippen LogP contribution in [0, 0.1) is 0 Å². The normalized spacial score (nSPS) is 40.0. The molecule has 3 saturated heterocycles. The van der Waals surface area contributed by atoms with Crippen LogP contribution in [0.1, 0.15) is 26.7 Å². The molecule has 1 N–H and O–H groups in total. The first kappa shape index (κ1) is 15.2. The summed E-state index contributed by atoms with van der Waals surface area (Å²) in [4.78, 5) is 17.0. The molecule has 0 bridgehead atoms. The van der Waals surface area contributed by atoms with E-state index >= 15 is 0 Å². The Morgan fingerprint density at radius 2 is 1.67 bits per heavy atom. The van der Waals surface area contributed by atoms with Gasteiger partial charge in [-0.15, -0.1) is 0 Å². The second-order valence-corrected chi connectivity index (χ2v) is 6.50. The first-order valence-electron chi connectivity index (χ1n) is 8.11. The summed E-state index contributed by atoms with van der Waals surface area (Å²) in [5.41, 5.74) is 0. The maximum absolute atomic E-state index is 12.2. The summed E-state index contributed by atoms with van der Waals surface area (Å²) < 4.78 is 11.0. The number of amides is 1. The molecular formula is C15H27N3O3. The smallest absolute Gasteiger partial charge is 0.222 e. The minimum atomic E-state index is 0.144. The van der Waals surface area contributed by atoms with Gasteiger partial charge in [-0.1, -0.05) is 0 Å². The second-order valence-electron chi connectivity index (χ2n) is 6.50. The largest absolute Gasteiger partial charge is 0.379 e. The predicted molar refractivity (Wildman–Crippen MR) is 78.9 cm³/mol. The van der Waals surface area contributed by atoms with Crippen LogP contribution in [0.15, 0.2) is 0 Å². The van der Waals surface area contributed by atoms with Crippen molar-refractivity contribution in [2.24, 2.45) is 0 Å². The lowest BCUT2D eigenvalue weighted by Gasteiger charge is -2.47. The van der Waals surface area contributed by atoms with Crippen molar-refractivity contribution in [2.75, 3.05) is 39.5 Å². The molecule has 3 aliphatic rings. The summed E-state index contributed by atoms with van der Waals surface area (Å²) in [6.07, 6.45) is 1.75. The number of morpholine rings is 2. The number of hydrogen-bond donors (Lipinski definition) is 1. The topological polar surface area (TPSA) is 54.0 Å². The van der Waals surface area contributed by atoms with E-state index < -0.39 is 0 Å². The standard InChI is InChI=1S/C15H27N3O3/c1-11-9-20-5-3-17(11)13-7-14(16-15(19)8-13)18-4-6-21-10-12(18)2/h11-14H,3-10H2,1-2H3,(H,16,19)/t11-,12-,13?,14?/m1/s1. The molecule has 0 spiro atoms. The molecule has 0 aromatic heterocycles. The maximum Gasteiger partial charge on any atom is 0.222 e. The molecule has 0 aliphatic carbocycles. The number of carbonyl (C=O) groups is 1. The fourth-order valence-corrected chi connectivity index (χ4v) is 3.82. The molecule has 3 aliphatic heterocycles. The number of ether oxygens (including phenoxy) is 2. The molecule has 4 atom stereocenters. The van der Waals surface area contributed by atoms with Crippen LogP contribution in [0.5, 0.6) is 0 Å². The Morgan fingerprint density at radius 1 is 1.05 bits per heavy atom. The van der Waals surface area contributed by atoms with E-state index in [0.29, 0.717) is 24.5 Å². The summed E-state index contributed by atoms with van der Waals surface area (Å²) in [7, 11) is 0. The summed E-state index contributed by atoms with van der Waals surface area (Å²) >= 11 is 0. The van der Waals surface area contributed by atoms with Crippen molar-refractivity contribution >= 4 is 5.91 Å². The molecule has 2 unspecified atom stereocenters. The lowest BCUT2D eigenvalue weighted by Crippen LogP contribution is -2.63. The summed E-state index contributed by atoms with van der Waals surface area (Å²) in [6, 6.07) is 1.10. The molecule has 0 saturated carbocycles. The highest BCUT2D eigenvalue weighted by Crippen LogP contribution is 2.24. The summed E-state index contributed by atoms with van der Waals surface area (Å²) in [5.74, 6) is 0.175. The van der Waals surface area contributed by atoms with Crippen LogP contribution >= 0.6 is 0 Å². The highest BCUT2D eigenvalue weighted by atomic mass is 16.5. The van der Waals surface area contributed by atoms with Crippen LogP contribution in [0.2, 0.25) is 0 Å². The minimum absolute atomic E-state index is 0.144. The fourth-order valence-electron chi connectivity index (χ4n) is 3.82. The van der Waals surface area contributed by atoms with E-state index in [2.05, 4.69) is 29.0 Å². The SMILES string of the molecule is C[C@@H]1COCCN1C1CC(=O)NC(N2CCOC[C@H]2C)C1. The number of nitrogens with one attached hydrogen (secondary N) is 1. The highest BCUT2D eigenvalue weighted by Gasteiger charge is 2.38. The van der Waals surface area contributed by atoms with Crippen molar-refractivity contribution in [1.29, 1.82) is 0 Å². The van der Waals surface area contributed by atoms with Crippen LogP contribution < -0.4 is 5.32 Å². The summed E-state index contributed by atoms with van der Waals surface area (Å²) in [5, 5.41) is 3.17. The van der Waals surface area contributed by atoms with Crippen LogP contribution in [-0.4, -0.2) is 79.5 Å². The maximum atomic E-state index is 12.2. The van der Waals surface area contributed by atoms with Gasteiger partial charge in [-0.25, -0.2) is 0 Å². The molecule has 21 heavy (non-hydrogen) atoms. The van der Waals surface area contributed by atoms with E-state index in [1.807, 2.05) is 0 Å². The van der Waals surface area contributed by atoms with Crippen molar-refractivity contribution in [2.45, 2.75) is 51.0 Å². The number of carbonyl (C=O) groups excluding carboxylic acids is 1. The molecular weight excluding hydrogens is 270 g/mol. The Labute approximate surface area is 126 Å². The predicted octanol–water partition coefficient (Wildman–Crippen LogP) is 0.0325. The van der Waals surface area contributed by atoms with Gasteiger partial charge in [-0.05, 0) is 20.3 Å². The molecule has 3 fully saturated rings. The third-order valence-corrected chi connectivity index (χ3v) is 4.95.